The average Bonchev–Trinajstić information content (AvgIpc) is 2.74. The molecule has 3 heteroatoms. The topological polar surface area (TPSA) is 33.2 Å². The van der Waals surface area contributed by atoms with Crippen LogP contribution in [0.15, 0.2) is 91.0 Å². The van der Waals surface area contributed by atoms with Crippen molar-refractivity contribution in [3.05, 3.63) is 108 Å². The predicted octanol–water partition coefficient (Wildman–Crippen LogP) is 5.18. The Kier molecular flexibility index (Phi) is 3.72. The number of rotatable bonds is 2. The normalized spacial score (nSPS) is 16.4. The molecule has 130 valence electrons. The van der Waals surface area contributed by atoms with E-state index in [9.17, 15) is 4.79 Å². The Labute approximate surface area is 157 Å². The van der Waals surface area contributed by atoms with Crippen molar-refractivity contribution in [1.82, 2.24) is 4.98 Å². The van der Waals surface area contributed by atoms with Crippen LogP contribution in [-0.2, 0) is 6.42 Å². The quantitative estimate of drug-likeness (QED) is 0.499. The number of hydrogen-bond donors (Lipinski definition) is 0. The van der Waals surface area contributed by atoms with Crippen LogP contribution in [0, 0.1) is 0 Å². The summed E-state index contributed by atoms with van der Waals surface area (Å²) in [7, 11) is 0. The largest absolute Gasteiger partial charge is 0.300 e. The van der Waals surface area contributed by atoms with Gasteiger partial charge in [-0.3, -0.25) is 9.78 Å². The van der Waals surface area contributed by atoms with Gasteiger partial charge < -0.3 is 4.90 Å². The highest BCUT2D eigenvalue weighted by Crippen LogP contribution is 2.37. The second-order valence-electron chi connectivity index (χ2n) is 6.82. The fraction of sp³-hybridized carbons (Fsp3) is 0.0833. The van der Waals surface area contributed by atoms with E-state index in [0.717, 1.165) is 27.8 Å². The molecule has 3 aromatic carbocycles. The third kappa shape index (κ3) is 2.68. The van der Waals surface area contributed by atoms with Gasteiger partial charge >= 0.3 is 0 Å². The maximum atomic E-state index is 13.5. The maximum absolute atomic E-state index is 13.5. The van der Waals surface area contributed by atoms with E-state index < -0.39 is 0 Å². The van der Waals surface area contributed by atoms with Crippen molar-refractivity contribution in [3.63, 3.8) is 0 Å². The smallest absolute Gasteiger partial charge is 0.260 e. The molecule has 5 rings (SSSR count). The lowest BCUT2D eigenvalue weighted by Gasteiger charge is -2.36. The van der Waals surface area contributed by atoms with Crippen molar-refractivity contribution in [2.24, 2.45) is 0 Å². The van der Waals surface area contributed by atoms with Gasteiger partial charge in [0.15, 0.2) is 0 Å². The summed E-state index contributed by atoms with van der Waals surface area (Å²) in [5.74, 6) is 0.00885. The van der Waals surface area contributed by atoms with Gasteiger partial charge in [-0.15, -0.1) is 0 Å². The number of carbonyl (C=O) groups is 1. The van der Waals surface area contributed by atoms with Gasteiger partial charge in [-0.05, 0) is 29.8 Å². The van der Waals surface area contributed by atoms with E-state index in [1.807, 2.05) is 83.8 Å². The molecule has 3 nitrogen and oxygen atoms in total. The Hall–Kier alpha value is -3.46. The highest BCUT2D eigenvalue weighted by atomic mass is 16.2. The molecule has 1 amide bonds. The van der Waals surface area contributed by atoms with Crippen LogP contribution in [0.3, 0.4) is 0 Å². The average molecular weight is 350 g/mol. The fourth-order valence-electron chi connectivity index (χ4n) is 3.87. The zero-order chi connectivity index (χ0) is 18.2. The van der Waals surface area contributed by atoms with E-state index in [2.05, 4.69) is 12.1 Å². The Bertz CT molecular complexity index is 1120. The van der Waals surface area contributed by atoms with Gasteiger partial charge in [0.2, 0.25) is 0 Å². The van der Waals surface area contributed by atoms with Gasteiger partial charge in [-0.25, -0.2) is 0 Å². The zero-order valence-corrected chi connectivity index (χ0v) is 14.7. The summed E-state index contributed by atoms with van der Waals surface area (Å²) in [5, 5.41) is 0.996. The van der Waals surface area contributed by atoms with Crippen LogP contribution in [0.2, 0.25) is 0 Å². The molecule has 0 aliphatic carbocycles. The molecule has 1 aromatic heterocycles. The molecule has 0 saturated heterocycles. The predicted molar refractivity (Wildman–Crippen MR) is 108 cm³/mol. The standard InChI is InChI=1S/C24H18N2O/c27-24-20-15-18-11-7-8-14-21(18)25-22(20)16-23(17-9-3-1-4-10-17)26(24)19-12-5-2-6-13-19/h1-15,23H,16H2. The minimum Gasteiger partial charge on any atom is -0.300 e. The van der Waals surface area contributed by atoms with Crippen molar-refractivity contribution < 1.29 is 4.79 Å². The lowest BCUT2D eigenvalue weighted by Crippen LogP contribution is -2.41. The first-order chi connectivity index (χ1) is 13.3. The van der Waals surface area contributed by atoms with E-state index in [0.29, 0.717) is 12.0 Å². The molecule has 2 heterocycles. The molecule has 1 unspecified atom stereocenters. The van der Waals surface area contributed by atoms with Crippen molar-refractivity contribution in [2.75, 3.05) is 4.90 Å². The fourth-order valence-corrected chi connectivity index (χ4v) is 3.87. The van der Waals surface area contributed by atoms with Gasteiger partial charge in [0.1, 0.15) is 0 Å². The molecule has 1 aliphatic rings. The van der Waals surface area contributed by atoms with Crippen molar-refractivity contribution in [2.45, 2.75) is 12.5 Å². The number of fused-ring (bicyclic) bond motifs is 2. The first-order valence-corrected chi connectivity index (χ1v) is 9.13. The summed E-state index contributed by atoms with van der Waals surface area (Å²) >= 11 is 0. The molecular formula is C24H18N2O. The number of benzene rings is 3. The Morgan fingerprint density at radius 3 is 2.26 bits per heavy atom. The van der Waals surface area contributed by atoms with E-state index >= 15 is 0 Å². The number of hydrogen-bond acceptors (Lipinski definition) is 2. The first-order valence-electron chi connectivity index (χ1n) is 9.13. The lowest BCUT2D eigenvalue weighted by atomic mass is 9.91. The summed E-state index contributed by atoms with van der Waals surface area (Å²) in [6.07, 6.45) is 0.699. The summed E-state index contributed by atoms with van der Waals surface area (Å²) in [4.78, 5) is 20.3. The van der Waals surface area contributed by atoms with E-state index in [4.69, 9.17) is 4.98 Å². The summed E-state index contributed by atoms with van der Waals surface area (Å²) in [6, 6.07) is 30.0. The Morgan fingerprint density at radius 1 is 0.815 bits per heavy atom. The van der Waals surface area contributed by atoms with Crippen molar-refractivity contribution >= 4 is 22.5 Å². The number of pyridine rings is 1. The van der Waals surface area contributed by atoms with Gasteiger partial charge in [-0.2, -0.15) is 0 Å². The summed E-state index contributed by atoms with van der Waals surface area (Å²) in [5.41, 5.74) is 4.54. The molecule has 4 aromatic rings. The first kappa shape index (κ1) is 15.8. The van der Waals surface area contributed by atoms with Crippen LogP contribution >= 0.6 is 0 Å². The van der Waals surface area contributed by atoms with Crippen molar-refractivity contribution in [1.29, 1.82) is 0 Å². The van der Waals surface area contributed by atoms with E-state index in [1.165, 1.54) is 0 Å². The summed E-state index contributed by atoms with van der Waals surface area (Å²) in [6.45, 7) is 0. The summed E-state index contributed by atoms with van der Waals surface area (Å²) < 4.78 is 0. The van der Waals surface area contributed by atoms with Crippen LogP contribution in [0.4, 0.5) is 5.69 Å². The van der Waals surface area contributed by atoms with Crippen LogP contribution in [0.5, 0.6) is 0 Å². The molecule has 0 fully saturated rings. The number of amides is 1. The van der Waals surface area contributed by atoms with Gasteiger partial charge in [0.05, 0.1) is 22.8 Å². The minimum atomic E-state index is -0.0673. The molecule has 0 N–H and O–H groups in total. The molecule has 0 radical (unpaired) electrons. The number of para-hydroxylation sites is 2. The highest BCUT2D eigenvalue weighted by Gasteiger charge is 2.35. The van der Waals surface area contributed by atoms with Gasteiger partial charge in [0, 0.05) is 17.5 Å². The monoisotopic (exact) mass is 350 g/mol. The van der Waals surface area contributed by atoms with Crippen LogP contribution in [-0.4, -0.2) is 10.9 Å². The SMILES string of the molecule is O=C1c2cc3ccccc3nc2CC(c2ccccc2)N1c1ccccc1. The second-order valence-corrected chi connectivity index (χ2v) is 6.82. The zero-order valence-electron chi connectivity index (χ0n) is 14.7. The van der Waals surface area contributed by atoms with Crippen LogP contribution < -0.4 is 4.90 Å². The lowest BCUT2D eigenvalue weighted by molar-refractivity contribution is 0.0966. The van der Waals surface area contributed by atoms with Crippen LogP contribution in [0.1, 0.15) is 27.7 Å². The molecule has 0 bridgehead atoms. The highest BCUT2D eigenvalue weighted by molar-refractivity contribution is 6.10. The Morgan fingerprint density at radius 2 is 1.48 bits per heavy atom. The van der Waals surface area contributed by atoms with E-state index in [-0.39, 0.29) is 11.9 Å². The molecule has 1 aliphatic heterocycles. The third-order valence-corrected chi connectivity index (χ3v) is 5.17. The second kappa shape index (κ2) is 6.36. The minimum absolute atomic E-state index is 0.00885. The Balaban J connectivity index is 1.71. The van der Waals surface area contributed by atoms with Crippen LogP contribution in [0.25, 0.3) is 10.9 Å². The number of carbonyl (C=O) groups excluding carboxylic acids is 1. The molecule has 0 spiro atoms. The van der Waals surface area contributed by atoms with Gasteiger partial charge in [-0.1, -0.05) is 66.7 Å². The van der Waals surface area contributed by atoms with Crippen molar-refractivity contribution in [3.8, 4) is 0 Å². The molecular weight excluding hydrogens is 332 g/mol. The van der Waals surface area contributed by atoms with E-state index in [1.54, 1.807) is 0 Å². The number of nitrogens with zero attached hydrogens (tertiary/aromatic N) is 2. The molecule has 1 atom stereocenters. The molecule has 0 saturated carbocycles. The number of anilines is 1. The molecule has 27 heavy (non-hydrogen) atoms. The number of aromatic nitrogens is 1. The van der Waals surface area contributed by atoms with Gasteiger partial charge in [0.25, 0.3) is 5.91 Å². The third-order valence-electron chi connectivity index (χ3n) is 5.17. The maximum Gasteiger partial charge on any atom is 0.260 e.